The van der Waals surface area contributed by atoms with Gasteiger partial charge in [-0.05, 0) is 38.8 Å². The average molecular weight is 290 g/mol. The molecule has 8 heteroatoms. The zero-order valence-corrected chi connectivity index (χ0v) is 11.8. The summed E-state index contributed by atoms with van der Waals surface area (Å²) in [6.07, 6.45) is 3.81. The van der Waals surface area contributed by atoms with Crippen LogP contribution in [0.15, 0.2) is 0 Å². The molecule has 20 heavy (non-hydrogen) atoms. The number of unbranched alkanes of at least 4 members (excludes halogenated alkanes) is 2. The summed E-state index contributed by atoms with van der Waals surface area (Å²) in [5.74, 6) is -1.57. The van der Waals surface area contributed by atoms with Crippen LogP contribution in [0.1, 0.15) is 38.5 Å². The van der Waals surface area contributed by atoms with Gasteiger partial charge in [-0.25, -0.2) is 19.4 Å². The van der Waals surface area contributed by atoms with Crippen molar-refractivity contribution in [3.63, 3.8) is 0 Å². The number of hydrogen-bond donors (Lipinski definition) is 4. The molecule has 118 valence electrons. The van der Waals surface area contributed by atoms with Crippen LogP contribution in [0, 0.1) is 0 Å². The van der Waals surface area contributed by atoms with Crippen LogP contribution in [-0.4, -0.2) is 37.1 Å². The summed E-state index contributed by atoms with van der Waals surface area (Å²) in [7, 11) is 0. The van der Waals surface area contributed by atoms with Gasteiger partial charge in [0.25, 0.3) is 0 Å². The SMILES string of the molecule is NCCCC[C@H](N)C(=O)OOC(=O)[C@@H](N)CCCCN. The van der Waals surface area contributed by atoms with Crippen LogP contribution in [0.25, 0.3) is 0 Å². The second kappa shape index (κ2) is 11.6. The van der Waals surface area contributed by atoms with Crippen LogP contribution in [0.2, 0.25) is 0 Å². The Balaban J connectivity index is 3.83. The normalized spacial score (nSPS) is 13.6. The third-order valence-electron chi connectivity index (χ3n) is 2.75. The van der Waals surface area contributed by atoms with Crippen LogP contribution in [0.5, 0.6) is 0 Å². The monoisotopic (exact) mass is 290 g/mol. The lowest BCUT2D eigenvalue weighted by molar-refractivity contribution is -0.261. The summed E-state index contributed by atoms with van der Waals surface area (Å²) in [6, 6.07) is -1.66. The zero-order chi connectivity index (χ0) is 15.4. The van der Waals surface area contributed by atoms with Gasteiger partial charge in [-0.15, -0.1) is 0 Å². The van der Waals surface area contributed by atoms with E-state index in [2.05, 4.69) is 9.78 Å². The van der Waals surface area contributed by atoms with Gasteiger partial charge in [-0.2, -0.15) is 0 Å². The first-order valence-electron chi connectivity index (χ1n) is 6.86. The lowest BCUT2D eigenvalue weighted by atomic mass is 10.1. The summed E-state index contributed by atoms with van der Waals surface area (Å²) in [5.41, 5.74) is 21.8. The molecule has 0 radical (unpaired) electrons. The molecule has 0 saturated carbocycles. The van der Waals surface area contributed by atoms with Crippen molar-refractivity contribution in [1.29, 1.82) is 0 Å². The van der Waals surface area contributed by atoms with E-state index in [-0.39, 0.29) is 0 Å². The first kappa shape index (κ1) is 18.8. The highest BCUT2D eigenvalue weighted by Crippen LogP contribution is 2.03. The molecule has 0 aromatic heterocycles. The molecule has 0 aliphatic rings. The predicted octanol–water partition coefficient (Wildman–Crippen LogP) is -1.10. The summed E-state index contributed by atoms with van der Waals surface area (Å²) in [6.45, 7) is 1.07. The van der Waals surface area contributed by atoms with Gasteiger partial charge in [-0.1, -0.05) is 12.8 Å². The van der Waals surface area contributed by atoms with E-state index in [1.807, 2.05) is 0 Å². The van der Waals surface area contributed by atoms with Gasteiger partial charge in [-0.3, -0.25) is 0 Å². The molecule has 0 aliphatic carbocycles. The molecule has 0 bridgehead atoms. The Morgan fingerprint density at radius 1 is 0.750 bits per heavy atom. The lowest BCUT2D eigenvalue weighted by Crippen LogP contribution is -2.36. The van der Waals surface area contributed by atoms with E-state index in [1.165, 1.54) is 0 Å². The minimum atomic E-state index is -0.831. The third kappa shape index (κ3) is 8.81. The number of rotatable bonds is 10. The van der Waals surface area contributed by atoms with Crippen molar-refractivity contribution in [2.45, 2.75) is 50.6 Å². The quantitative estimate of drug-likeness (QED) is 0.224. The average Bonchev–Trinajstić information content (AvgIpc) is 2.44. The van der Waals surface area contributed by atoms with Gasteiger partial charge in [0.15, 0.2) is 0 Å². The van der Waals surface area contributed by atoms with Crippen LogP contribution < -0.4 is 22.9 Å². The Morgan fingerprint density at radius 2 is 1.10 bits per heavy atom. The molecular weight excluding hydrogens is 264 g/mol. The van der Waals surface area contributed by atoms with Gasteiger partial charge in [0.05, 0.1) is 0 Å². The predicted molar refractivity (Wildman–Crippen MR) is 73.9 cm³/mol. The summed E-state index contributed by atoms with van der Waals surface area (Å²) in [4.78, 5) is 31.6. The molecule has 2 atom stereocenters. The molecule has 0 unspecified atom stereocenters. The van der Waals surface area contributed by atoms with Gasteiger partial charge in [0.1, 0.15) is 12.1 Å². The van der Waals surface area contributed by atoms with Crippen molar-refractivity contribution in [2.24, 2.45) is 22.9 Å². The zero-order valence-electron chi connectivity index (χ0n) is 11.8. The first-order chi connectivity index (χ1) is 9.52. The topological polar surface area (TPSA) is 157 Å². The first-order valence-corrected chi connectivity index (χ1v) is 6.86. The fourth-order valence-electron chi connectivity index (χ4n) is 1.46. The van der Waals surface area contributed by atoms with Gasteiger partial charge < -0.3 is 22.9 Å². The van der Waals surface area contributed by atoms with Crippen molar-refractivity contribution in [3.8, 4) is 0 Å². The lowest BCUT2D eigenvalue weighted by Gasteiger charge is -2.12. The molecule has 0 amide bonds. The maximum absolute atomic E-state index is 11.4. The second-order valence-electron chi connectivity index (χ2n) is 4.59. The van der Waals surface area contributed by atoms with E-state index in [0.29, 0.717) is 38.8 Å². The highest BCUT2D eigenvalue weighted by atomic mass is 17.2. The van der Waals surface area contributed by atoms with Gasteiger partial charge in [0.2, 0.25) is 0 Å². The van der Waals surface area contributed by atoms with Crippen LogP contribution >= 0.6 is 0 Å². The van der Waals surface area contributed by atoms with Crippen molar-refractivity contribution in [3.05, 3.63) is 0 Å². The van der Waals surface area contributed by atoms with Crippen LogP contribution in [0.4, 0.5) is 0 Å². The maximum atomic E-state index is 11.4. The highest BCUT2D eigenvalue weighted by Gasteiger charge is 2.21. The molecule has 0 heterocycles. The largest absolute Gasteiger partial charge is 0.372 e. The van der Waals surface area contributed by atoms with Crippen LogP contribution in [-0.2, 0) is 19.4 Å². The van der Waals surface area contributed by atoms with E-state index < -0.39 is 24.0 Å². The Bertz CT molecular complexity index is 261. The van der Waals surface area contributed by atoms with Gasteiger partial charge in [0, 0.05) is 0 Å². The number of carbonyl (C=O) groups is 2. The van der Waals surface area contributed by atoms with Crippen molar-refractivity contribution in [1.82, 2.24) is 0 Å². The molecule has 0 fully saturated rings. The molecule has 0 aromatic carbocycles. The Kier molecular flexibility index (Phi) is 10.9. The number of hydrogen-bond acceptors (Lipinski definition) is 8. The number of carbonyl (C=O) groups excluding carboxylic acids is 2. The fourth-order valence-corrected chi connectivity index (χ4v) is 1.46. The van der Waals surface area contributed by atoms with E-state index in [1.54, 1.807) is 0 Å². The highest BCUT2D eigenvalue weighted by molar-refractivity contribution is 5.78. The van der Waals surface area contributed by atoms with Crippen molar-refractivity contribution in [2.75, 3.05) is 13.1 Å². The van der Waals surface area contributed by atoms with E-state index in [0.717, 1.165) is 12.8 Å². The minimum absolute atomic E-state index is 0.427. The maximum Gasteiger partial charge on any atom is 0.372 e. The molecule has 0 spiro atoms. The van der Waals surface area contributed by atoms with Crippen molar-refractivity contribution < 1.29 is 19.4 Å². The molecule has 8 N–H and O–H groups in total. The second-order valence-corrected chi connectivity index (χ2v) is 4.59. The molecule has 0 aromatic rings. The van der Waals surface area contributed by atoms with E-state index >= 15 is 0 Å². The fraction of sp³-hybridized carbons (Fsp3) is 0.833. The third-order valence-corrected chi connectivity index (χ3v) is 2.75. The number of nitrogens with two attached hydrogens (primary N) is 4. The molecule has 0 aliphatic heterocycles. The smallest absolute Gasteiger partial charge is 0.330 e. The standard InChI is InChI=1S/C12H26N4O4/c13-7-3-1-5-9(15)11(17)19-20-12(18)10(16)6-2-4-8-14/h9-10H,1-8,13-16H2/t9-,10-/m0/s1. The van der Waals surface area contributed by atoms with Crippen molar-refractivity contribution >= 4 is 11.9 Å². The summed E-state index contributed by atoms with van der Waals surface area (Å²) < 4.78 is 0. The summed E-state index contributed by atoms with van der Waals surface area (Å²) >= 11 is 0. The Labute approximate surface area is 119 Å². The molecule has 8 nitrogen and oxygen atoms in total. The van der Waals surface area contributed by atoms with Crippen LogP contribution in [0.3, 0.4) is 0 Å². The Hall–Kier alpha value is -1.22. The Morgan fingerprint density at radius 3 is 1.40 bits per heavy atom. The molecule has 0 saturated heterocycles. The summed E-state index contributed by atoms with van der Waals surface area (Å²) in [5, 5.41) is 0. The van der Waals surface area contributed by atoms with Gasteiger partial charge >= 0.3 is 11.9 Å². The molecular formula is C12H26N4O4. The molecule has 0 rings (SSSR count). The minimum Gasteiger partial charge on any atom is -0.330 e. The van der Waals surface area contributed by atoms with E-state index in [9.17, 15) is 9.59 Å². The van der Waals surface area contributed by atoms with E-state index in [4.69, 9.17) is 22.9 Å².